The number of ether oxygens (including phenoxy) is 2. The fraction of sp³-hybridized carbons (Fsp3) is 0.533. The molecule has 0 aliphatic rings. The third-order valence-corrected chi connectivity index (χ3v) is 3.04. The Morgan fingerprint density at radius 2 is 2.00 bits per heavy atom. The van der Waals surface area contributed by atoms with Crippen molar-refractivity contribution in [3.63, 3.8) is 0 Å². The third kappa shape index (κ3) is 4.56. The lowest BCUT2D eigenvalue weighted by atomic mass is 10.0. The largest absolute Gasteiger partial charge is 0.496 e. The van der Waals surface area contributed by atoms with Gasteiger partial charge in [-0.15, -0.1) is 0 Å². The molecule has 0 unspecified atom stereocenters. The fourth-order valence-corrected chi connectivity index (χ4v) is 1.88. The standard InChI is InChI=1S/C15H23NO3/c1-11(2)12-6-7-13(14(8-12)18-4)9-16(3)10-15(17)19-5/h6-8,11H,9-10H2,1-5H3. The molecule has 0 saturated carbocycles. The summed E-state index contributed by atoms with van der Waals surface area (Å²) in [5.74, 6) is 1.10. The van der Waals surface area contributed by atoms with Gasteiger partial charge in [-0.2, -0.15) is 0 Å². The monoisotopic (exact) mass is 265 g/mol. The molecule has 0 aliphatic heterocycles. The van der Waals surface area contributed by atoms with Crippen LogP contribution in [-0.2, 0) is 16.1 Å². The van der Waals surface area contributed by atoms with E-state index >= 15 is 0 Å². The lowest BCUT2D eigenvalue weighted by Gasteiger charge is -2.18. The molecule has 1 aromatic carbocycles. The minimum Gasteiger partial charge on any atom is -0.496 e. The Morgan fingerprint density at radius 1 is 1.32 bits per heavy atom. The van der Waals surface area contributed by atoms with Crippen LogP contribution in [0.15, 0.2) is 18.2 Å². The van der Waals surface area contributed by atoms with Gasteiger partial charge in [-0.1, -0.05) is 26.0 Å². The molecule has 0 aromatic heterocycles. The molecule has 19 heavy (non-hydrogen) atoms. The molecule has 0 fully saturated rings. The molecule has 0 atom stereocenters. The summed E-state index contributed by atoms with van der Waals surface area (Å²) < 4.78 is 10.1. The van der Waals surface area contributed by atoms with E-state index in [2.05, 4.69) is 36.8 Å². The van der Waals surface area contributed by atoms with E-state index in [-0.39, 0.29) is 12.5 Å². The number of benzene rings is 1. The first kappa shape index (κ1) is 15.5. The number of esters is 1. The minimum atomic E-state index is -0.236. The van der Waals surface area contributed by atoms with Crippen LogP contribution in [0, 0.1) is 0 Å². The van der Waals surface area contributed by atoms with E-state index in [4.69, 9.17) is 4.74 Å². The van der Waals surface area contributed by atoms with E-state index in [1.165, 1.54) is 12.7 Å². The van der Waals surface area contributed by atoms with Crippen LogP contribution in [0.1, 0.15) is 30.9 Å². The van der Waals surface area contributed by atoms with E-state index in [0.29, 0.717) is 12.5 Å². The predicted octanol–water partition coefficient (Wildman–Crippen LogP) is 2.42. The fourth-order valence-electron chi connectivity index (χ4n) is 1.88. The molecule has 0 amide bonds. The van der Waals surface area contributed by atoms with Gasteiger partial charge in [0.1, 0.15) is 5.75 Å². The Morgan fingerprint density at radius 3 is 2.53 bits per heavy atom. The van der Waals surface area contributed by atoms with Gasteiger partial charge in [0.05, 0.1) is 20.8 Å². The van der Waals surface area contributed by atoms with Crippen LogP contribution < -0.4 is 4.74 Å². The van der Waals surface area contributed by atoms with Crippen molar-refractivity contribution in [1.82, 2.24) is 4.90 Å². The summed E-state index contributed by atoms with van der Waals surface area (Å²) in [5.41, 5.74) is 2.31. The van der Waals surface area contributed by atoms with Crippen LogP contribution in [0.4, 0.5) is 0 Å². The highest BCUT2D eigenvalue weighted by Gasteiger charge is 2.11. The van der Waals surface area contributed by atoms with Crippen LogP contribution in [0.25, 0.3) is 0 Å². The first-order chi connectivity index (χ1) is 8.97. The van der Waals surface area contributed by atoms with Gasteiger partial charge in [0.25, 0.3) is 0 Å². The summed E-state index contributed by atoms with van der Waals surface area (Å²) in [6.07, 6.45) is 0. The summed E-state index contributed by atoms with van der Waals surface area (Å²) in [6, 6.07) is 6.22. The normalized spacial score (nSPS) is 10.9. The lowest BCUT2D eigenvalue weighted by molar-refractivity contribution is -0.141. The minimum absolute atomic E-state index is 0.236. The Bertz CT molecular complexity index is 429. The smallest absolute Gasteiger partial charge is 0.319 e. The molecule has 0 aliphatic carbocycles. The van der Waals surface area contributed by atoms with Gasteiger partial charge >= 0.3 is 5.97 Å². The first-order valence-corrected chi connectivity index (χ1v) is 6.40. The summed E-state index contributed by atoms with van der Waals surface area (Å²) in [4.78, 5) is 13.1. The Hall–Kier alpha value is -1.55. The predicted molar refractivity (Wildman–Crippen MR) is 75.4 cm³/mol. The number of likely N-dealkylation sites (N-methyl/N-ethyl adjacent to an activating group) is 1. The van der Waals surface area contributed by atoms with E-state index in [1.54, 1.807) is 7.11 Å². The molecule has 0 spiro atoms. The SMILES string of the molecule is COC(=O)CN(C)Cc1ccc(C(C)C)cc1OC. The van der Waals surface area contributed by atoms with Crippen molar-refractivity contribution < 1.29 is 14.3 Å². The molecule has 106 valence electrons. The van der Waals surface area contributed by atoms with Crippen LogP contribution in [0.5, 0.6) is 5.75 Å². The molecule has 0 N–H and O–H groups in total. The van der Waals surface area contributed by atoms with Gasteiger partial charge in [0, 0.05) is 12.1 Å². The number of carbonyl (C=O) groups is 1. The second-order valence-corrected chi connectivity index (χ2v) is 4.97. The van der Waals surface area contributed by atoms with Crippen LogP contribution in [0.2, 0.25) is 0 Å². The summed E-state index contributed by atoms with van der Waals surface area (Å²) in [5, 5.41) is 0. The topological polar surface area (TPSA) is 38.8 Å². The summed E-state index contributed by atoms with van der Waals surface area (Å²) in [7, 11) is 4.95. The highest BCUT2D eigenvalue weighted by atomic mass is 16.5. The van der Waals surface area contributed by atoms with Crippen LogP contribution >= 0.6 is 0 Å². The van der Waals surface area contributed by atoms with E-state index in [1.807, 2.05) is 11.9 Å². The maximum atomic E-state index is 11.2. The van der Waals surface area contributed by atoms with Crippen LogP contribution in [0.3, 0.4) is 0 Å². The zero-order valence-corrected chi connectivity index (χ0v) is 12.4. The van der Waals surface area contributed by atoms with Crippen molar-refractivity contribution in [3.05, 3.63) is 29.3 Å². The number of methoxy groups -OCH3 is 2. The second-order valence-electron chi connectivity index (χ2n) is 4.97. The van der Waals surface area contributed by atoms with Crippen molar-refractivity contribution in [1.29, 1.82) is 0 Å². The Labute approximate surface area is 115 Å². The molecule has 0 radical (unpaired) electrons. The first-order valence-electron chi connectivity index (χ1n) is 6.40. The molecule has 0 bridgehead atoms. The van der Waals surface area contributed by atoms with Crippen molar-refractivity contribution >= 4 is 5.97 Å². The highest BCUT2D eigenvalue weighted by molar-refractivity contribution is 5.71. The molecule has 1 rings (SSSR count). The molecule has 0 saturated heterocycles. The second kappa shape index (κ2) is 7.14. The summed E-state index contributed by atoms with van der Waals surface area (Å²) in [6.45, 7) is 5.22. The van der Waals surface area contributed by atoms with Gasteiger partial charge in [-0.3, -0.25) is 9.69 Å². The van der Waals surface area contributed by atoms with E-state index in [0.717, 1.165) is 11.3 Å². The van der Waals surface area contributed by atoms with E-state index < -0.39 is 0 Å². The van der Waals surface area contributed by atoms with Gasteiger partial charge in [0.15, 0.2) is 0 Å². The number of hydrogen-bond donors (Lipinski definition) is 0. The zero-order valence-electron chi connectivity index (χ0n) is 12.4. The molecule has 4 heteroatoms. The molecular weight excluding hydrogens is 242 g/mol. The number of nitrogens with zero attached hydrogens (tertiary/aromatic N) is 1. The van der Waals surface area contributed by atoms with Gasteiger partial charge < -0.3 is 9.47 Å². The van der Waals surface area contributed by atoms with Crippen LogP contribution in [-0.4, -0.2) is 38.7 Å². The van der Waals surface area contributed by atoms with Crippen molar-refractivity contribution in [2.24, 2.45) is 0 Å². The molecule has 1 aromatic rings. The lowest BCUT2D eigenvalue weighted by Crippen LogP contribution is -2.26. The van der Waals surface area contributed by atoms with Gasteiger partial charge in [-0.05, 0) is 24.6 Å². The number of carbonyl (C=O) groups excluding carboxylic acids is 1. The molecule has 0 heterocycles. The van der Waals surface area contributed by atoms with Crippen molar-refractivity contribution in [2.75, 3.05) is 27.8 Å². The maximum absolute atomic E-state index is 11.2. The molecule has 4 nitrogen and oxygen atoms in total. The van der Waals surface area contributed by atoms with Crippen molar-refractivity contribution in [3.8, 4) is 5.75 Å². The maximum Gasteiger partial charge on any atom is 0.319 e. The Balaban J connectivity index is 2.80. The Kier molecular flexibility index (Phi) is 5.83. The third-order valence-electron chi connectivity index (χ3n) is 3.04. The average molecular weight is 265 g/mol. The number of rotatable bonds is 6. The van der Waals surface area contributed by atoms with Gasteiger partial charge in [0.2, 0.25) is 0 Å². The zero-order chi connectivity index (χ0) is 14.4. The van der Waals surface area contributed by atoms with E-state index in [9.17, 15) is 4.79 Å². The van der Waals surface area contributed by atoms with Gasteiger partial charge in [-0.25, -0.2) is 0 Å². The summed E-state index contributed by atoms with van der Waals surface area (Å²) >= 11 is 0. The highest BCUT2D eigenvalue weighted by Crippen LogP contribution is 2.25. The van der Waals surface area contributed by atoms with Crippen molar-refractivity contribution in [2.45, 2.75) is 26.3 Å². The molecular formula is C15H23NO3. The average Bonchev–Trinajstić information content (AvgIpc) is 2.38. The quantitative estimate of drug-likeness (QED) is 0.740. The number of hydrogen-bond acceptors (Lipinski definition) is 4.